The van der Waals surface area contributed by atoms with Crippen molar-refractivity contribution in [3.05, 3.63) is 83.9 Å². The fourth-order valence-corrected chi connectivity index (χ4v) is 7.09. The summed E-state index contributed by atoms with van der Waals surface area (Å²) in [4.78, 5) is 89.9. The summed E-state index contributed by atoms with van der Waals surface area (Å²) in [6.07, 6.45) is 7.28. The van der Waals surface area contributed by atoms with Gasteiger partial charge < -0.3 is 42.9 Å². The average Bonchev–Trinajstić information content (AvgIpc) is 3.21. The second-order valence-electron chi connectivity index (χ2n) is 16.5. The van der Waals surface area contributed by atoms with Crippen molar-refractivity contribution in [3.63, 3.8) is 0 Å². The van der Waals surface area contributed by atoms with E-state index in [1.165, 1.54) is 0 Å². The van der Waals surface area contributed by atoms with Crippen molar-refractivity contribution >= 4 is 54.0 Å². The summed E-state index contributed by atoms with van der Waals surface area (Å²) in [7, 11) is 0. The van der Waals surface area contributed by atoms with Crippen molar-refractivity contribution in [1.82, 2.24) is 21.3 Å². The van der Waals surface area contributed by atoms with Gasteiger partial charge in [-0.1, -0.05) is 106 Å². The molecule has 0 aliphatic carbocycles. The maximum absolute atomic E-state index is 14.3. The molecule has 336 valence electrons. The van der Waals surface area contributed by atoms with E-state index in [4.69, 9.17) is 11.5 Å². The fourth-order valence-electron chi connectivity index (χ4n) is 6.84. The highest BCUT2D eigenvalue weighted by atomic mass is 32.1. The first-order valence-electron chi connectivity index (χ1n) is 20.8. The summed E-state index contributed by atoms with van der Waals surface area (Å²) < 4.78 is 0. The van der Waals surface area contributed by atoms with Crippen molar-refractivity contribution in [1.29, 1.82) is 0 Å². The molecule has 0 bridgehead atoms. The van der Waals surface area contributed by atoms with Crippen LogP contribution in [-0.4, -0.2) is 93.6 Å². The summed E-state index contributed by atoms with van der Waals surface area (Å²) in [5.41, 5.74) is 13.5. The predicted molar refractivity (Wildman–Crippen MR) is 237 cm³/mol. The van der Waals surface area contributed by atoms with Crippen LogP contribution in [0.3, 0.4) is 0 Å². The number of Topliss-reactive ketones (excluding diaryl/α,β-unsaturated/α-hetero) is 1. The van der Waals surface area contributed by atoms with Crippen LogP contribution in [0.4, 0.5) is 0 Å². The first kappa shape index (κ1) is 52.1. The molecular weight excluding hydrogens is 801 g/mol. The van der Waals surface area contributed by atoms with Gasteiger partial charge in [0.25, 0.3) is 0 Å². The van der Waals surface area contributed by atoms with E-state index in [0.717, 1.165) is 36.8 Å². The van der Waals surface area contributed by atoms with E-state index in [0.29, 0.717) is 12.8 Å². The predicted octanol–water partition coefficient (Wildman–Crippen LogP) is 3.34. The molecule has 2 rings (SSSR count). The van der Waals surface area contributed by atoms with Crippen LogP contribution in [0, 0.1) is 17.3 Å². The number of aliphatic carboxylic acids is 2. The van der Waals surface area contributed by atoms with E-state index in [1.54, 1.807) is 24.3 Å². The zero-order chi connectivity index (χ0) is 45.8. The quantitative estimate of drug-likeness (QED) is 0.0443. The molecule has 2 aromatic carbocycles. The molecule has 0 aliphatic heterocycles. The standard InChI is InChI=1S/C45H66N6O9S/c1-6-45(7-2,22-21-44(4,5)47)26-32(52)20-14-15-29(3)33(23-30-16-10-8-11-17-30)39(55)49-35(24-31-18-12-9-13-19-31)41(57)48-27-34(46)40(56)50-36(25-38(53)54)42(58)51-37(28-61)43(59)60/h8-19,29,33-37,61H,6-7,20-28,46-47H2,1-5H3,(H,48,57)(H,49,55)(H,50,56)(H,51,58)(H,53,54)(H,59,60). The molecule has 0 fully saturated rings. The van der Waals surface area contributed by atoms with Gasteiger partial charge in [-0.15, -0.1) is 0 Å². The number of thiol groups is 1. The Morgan fingerprint density at radius 3 is 1.80 bits per heavy atom. The van der Waals surface area contributed by atoms with E-state index in [2.05, 4.69) is 47.7 Å². The van der Waals surface area contributed by atoms with Crippen molar-refractivity contribution in [2.24, 2.45) is 28.7 Å². The highest BCUT2D eigenvalue weighted by molar-refractivity contribution is 7.80. The number of allylic oxidation sites excluding steroid dienone is 2. The number of rotatable bonds is 28. The van der Waals surface area contributed by atoms with Gasteiger partial charge in [0.1, 0.15) is 30.0 Å². The molecule has 0 saturated carbocycles. The molecular formula is C45H66N6O9S. The number of benzene rings is 2. The third-order valence-electron chi connectivity index (χ3n) is 11.0. The Labute approximate surface area is 365 Å². The van der Waals surface area contributed by atoms with E-state index in [9.17, 15) is 43.8 Å². The second kappa shape index (κ2) is 25.7. The van der Waals surface area contributed by atoms with Crippen molar-refractivity contribution in [3.8, 4) is 0 Å². The van der Waals surface area contributed by atoms with Crippen LogP contribution >= 0.6 is 12.6 Å². The molecule has 61 heavy (non-hydrogen) atoms. The molecule has 6 atom stereocenters. The van der Waals surface area contributed by atoms with Crippen LogP contribution in [0.1, 0.15) is 90.7 Å². The fraction of sp³-hybridized carbons (Fsp3) is 0.533. The van der Waals surface area contributed by atoms with Crippen LogP contribution < -0.4 is 32.7 Å². The first-order valence-corrected chi connectivity index (χ1v) is 21.4. The lowest BCUT2D eigenvalue weighted by Gasteiger charge is -2.34. The lowest BCUT2D eigenvalue weighted by Crippen LogP contribution is -2.58. The second-order valence-corrected chi connectivity index (χ2v) is 16.9. The third-order valence-corrected chi connectivity index (χ3v) is 11.3. The van der Waals surface area contributed by atoms with Crippen LogP contribution in [-0.2, 0) is 46.4 Å². The zero-order valence-electron chi connectivity index (χ0n) is 36.0. The molecule has 15 nitrogen and oxygen atoms in total. The smallest absolute Gasteiger partial charge is 0.327 e. The number of ketones is 1. The number of nitrogens with one attached hydrogen (secondary N) is 4. The highest BCUT2D eigenvalue weighted by Crippen LogP contribution is 2.38. The largest absolute Gasteiger partial charge is 0.481 e. The van der Waals surface area contributed by atoms with Crippen LogP contribution in [0.25, 0.3) is 0 Å². The normalized spacial score (nSPS) is 14.8. The van der Waals surface area contributed by atoms with E-state index in [1.807, 2.05) is 69.3 Å². The molecule has 6 unspecified atom stereocenters. The minimum atomic E-state index is -1.68. The van der Waals surface area contributed by atoms with E-state index in [-0.39, 0.29) is 41.2 Å². The van der Waals surface area contributed by atoms with Gasteiger partial charge in [0.2, 0.25) is 23.6 Å². The monoisotopic (exact) mass is 866 g/mol. The minimum Gasteiger partial charge on any atom is -0.481 e. The summed E-state index contributed by atoms with van der Waals surface area (Å²) in [6, 6.07) is 12.7. The first-order chi connectivity index (χ1) is 28.7. The maximum Gasteiger partial charge on any atom is 0.327 e. The van der Waals surface area contributed by atoms with Crippen molar-refractivity contribution in [2.45, 2.75) is 122 Å². The number of carbonyl (C=O) groups excluding carboxylic acids is 5. The molecule has 4 amide bonds. The Hall–Kier alpha value is -5.06. The number of carbonyl (C=O) groups is 7. The minimum absolute atomic E-state index is 0.0886. The summed E-state index contributed by atoms with van der Waals surface area (Å²) in [5, 5.41) is 28.4. The van der Waals surface area contributed by atoms with Crippen LogP contribution in [0.5, 0.6) is 0 Å². The highest BCUT2D eigenvalue weighted by Gasteiger charge is 2.33. The van der Waals surface area contributed by atoms with Crippen molar-refractivity contribution < 1.29 is 43.8 Å². The number of hydrogen-bond donors (Lipinski definition) is 9. The molecule has 0 saturated heterocycles. The Morgan fingerprint density at radius 2 is 1.30 bits per heavy atom. The van der Waals surface area contributed by atoms with Gasteiger partial charge in [-0.25, -0.2) is 4.79 Å². The van der Waals surface area contributed by atoms with E-state index < -0.39 is 78.6 Å². The maximum atomic E-state index is 14.3. The van der Waals surface area contributed by atoms with Gasteiger partial charge in [0.15, 0.2) is 0 Å². The lowest BCUT2D eigenvalue weighted by atomic mass is 9.72. The van der Waals surface area contributed by atoms with Gasteiger partial charge in [0, 0.05) is 43.0 Å². The van der Waals surface area contributed by atoms with Crippen molar-refractivity contribution in [2.75, 3.05) is 12.3 Å². The number of carboxylic acids is 2. The Morgan fingerprint density at radius 1 is 0.754 bits per heavy atom. The summed E-state index contributed by atoms with van der Waals surface area (Å²) >= 11 is 3.87. The summed E-state index contributed by atoms with van der Waals surface area (Å²) in [5.74, 6) is -7.15. The van der Waals surface area contributed by atoms with Gasteiger partial charge in [0.05, 0.1) is 6.42 Å². The average molecular weight is 867 g/mol. The van der Waals surface area contributed by atoms with Crippen LogP contribution in [0.2, 0.25) is 0 Å². The van der Waals surface area contributed by atoms with Gasteiger partial charge in [-0.05, 0) is 55.6 Å². The van der Waals surface area contributed by atoms with Gasteiger partial charge in [-0.3, -0.25) is 28.8 Å². The lowest BCUT2D eigenvalue weighted by molar-refractivity contribution is -0.143. The van der Waals surface area contributed by atoms with Gasteiger partial charge >= 0.3 is 11.9 Å². The van der Waals surface area contributed by atoms with Crippen LogP contribution in [0.15, 0.2) is 72.8 Å². The SMILES string of the molecule is CCC(CC)(CCC(C)(C)N)CC(=O)CC=CC(C)C(Cc1ccccc1)C(=O)NC(Cc1ccccc1)C(=O)NCC(N)C(=O)NC(CC(=O)O)C(=O)NC(CS)C(=O)O. The molecule has 0 spiro atoms. The molecule has 16 heteroatoms. The molecule has 0 aliphatic rings. The molecule has 2 aromatic rings. The zero-order valence-corrected chi connectivity index (χ0v) is 36.9. The number of hydrogen-bond acceptors (Lipinski definition) is 10. The Balaban J connectivity index is 2.26. The Bertz CT molecular complexity index is 1780. The number of amides is 4. The summed E-state index contributed by atoms with van der Waals surface area (Å²) in [6.45, 7) is 9.64. The third kappa shape index (κ3) is 19.0. The molecule has 0 aromatic heterocycles. The number of carboxylic acid groups (broad SMARTS) is 2. The van der Waals surface area contributed by atoms with E-state index >= 15 is 0 Å². The topological polar surface area (TPSA) is 260 Å². The molecule has 0 radical (unpaired) electrons. The van der Waals surface area contributed by atoms with Gasteiger partial charge in [-0.2, -0.15) is 12.6 Å². The molecule has 0 heterocycles. The molecule has 10 N–H and O–H groups in total. The number of nitrogens with two attached hydrogens (primary N) is 2. The Kier molecular flexibility index (Phi) is 21.9.